The number of hydrogen-bond donors (Lipinski definition) is 1. The molecule has 3 aromatic carbocycles. The second-order valence-electron chi connectivity index (χ2n) is 8.95. The summed E-state index contributed by atoms with van der Waals surface area (Å²) < 4.78 is 17.1. The summed E-state index contributed by atoms with van der Waals surface area (Å²) in [5.74, 6) is 1.06. The van der Waals surface area contributed by atoms with Crippen molar-refractivity contribution in [2.45, 2.75) is 34.6 Å². The van der Waals surface area contributed by atoms with Crippen LogP contribution in [0.5, 0.6) is 11.5 Å². The van der Waals surface area contributed by atoms with Crippen LogP contribution in [0.3, 0.4) is 0 Å². The highest BCUT2D eigenvalue weighted by atomic mass is 16.5. The monoisotopic (exact) mass is 469 g/mol. The molecular formula is C30H31NO4. The number of aryl methyl sites for hydroxylation is 4. The molecule has 0 radical (unpaired) electrons. The van der Waals surface area contributed by atoms with E-state index < -0.39 is 0 Å². The van der Waals surface area contributed by atoms with Gasteiger partial charge in [0.1, 0.15) is 17.1 Å². The first-order valence-corrected chi connectivity index (χ1v) is 11.5. The number of carbonyl (C=O) groups excluding carboxylic acids is 1. The fourth-order valence-corrected chi connectivity index (χ4v) is 4.56. The van der Waals surface area contributed by atoms with E-state index in [1.807, 2.05) is 45.0 Å². The molecule has 0 aliphatic rings. The number of methoxy groups -OCH3 is 2. The van der Waals surface area contributed by atoms with E-state index in [0.717, 1.165) is 44.4 Å². The van der Waals surface area contributed by atoms with Crippen LogP contribution in [0, 0.1) is 27.7 Å². The molecule has 0 aliphatic carbocycles. The van der Waals surface area contributed by atoms with Crippen LogP contribution < -0.4 is 14.8 Å². The minimum Gasteiger partial charge on any atom is -0.496 e. The molecule has 0 saturated carbocycles. The largest absolute Gasteiger partial charge is 0.496 e. The number of carbonyl (C=O) groups is 1. The maximum atomic E-state index is 12.9. The molecule has 0 unspecified atom stereocenters. The fourth-order valence-electron chi connectivity index (χ4n) is 4.56. The summed E-state index contributed by atoms with van der Waals surface area (Å²) in [6, 6.07) is 14.1. The molecule has 0 atom stereocenters. The van der Waals surface area contributed by atoms with Crippen LogP contribution in [0.15, 0.2) is 59.2 Å². The van der Waals surface area contributed by atoms with Crippen molar-refractivity contribution in [3.63, 3.8) is 0 Å². The predicted molar refractivity (Wildman–Crippen MR) is 142 cm³/mol. The number of hydrogen-bond acceptors (Lipinski definition) is 4. The van der Waals surface area contributed by atoms with Gasteiger partial charge in [0.05, 0.1) is 26.2 Å². The van der Waals surface area contributed by atoms with Crippen molar-refractivity contribution >= 4 is 28.1 Å². The molecule has 1 heterocycles. The zero-order valence-corrected chi connectivity index (χ0v) is 21.3. The topological polar surface area (TPSA) is 60.7 Å². The van der Waals surface area contributed by atoms with Gasteiger partial charge in [-0.1, -0.05) is 29.8 Å². The molecule has 0 spiro atoms. The van der Waals surface area contributed by atoms with Crippen LogP contribution in [0.25, 0.3) is 27.7 Å². The molecule has 1 aromatic heterocycles. The van der Waals surface area contributed by atoms with Crippen LogP contribution in [0.4, 0.5) is 5.69 Å². The van der Waals surface area contributed by atoms with E-state index in [2.05, 4.69) is 37.4 Å². The molecule has 5 nitrogen and oxygen atoms in total. The lowest BCUT2D eigenvalue weighted by Gasteiger charge is -2.14. The maximum Gasteiger partial charge on any atom is 0.248 e. The van der Waals surface area contributed by atoms with Crippen molar-refractivity contribution in [3.05, 3.63) is 82.6 Å². The average Bonchev–Trinajstić information content (AvgIpc) is 3.23. The first-order chi connectivity index (χ1) is 16.7. The molecule has 0 saturated heterocycles. The summed E-state index contributed by atoms with van der Waals surface area (Å²) in [5.41, 5.74) is 9.50. The Hall–Kier alpha value is -3.99. The van der Waals surface area contributed by atoms with Crippen molar-refractivity contribution in [2.75, 3.05) is 19.5 Å². The lowest BCUT2D eigenvalue weighted by molar-refractivity contribution is -0.111. The first-order valence-electron chi connectivity index (χ1n) is 11.5. The van der Waals surface area contributed by atoms with E-state index in [0.29, 0.717) is 17.2 Å². The highest BCUT2D eigenvalue weighted by Gasteiger charge is 2.19. The third kappa shape index (κ3) is 4.67. The second-order valence-corrected chi connectivity index (χ2v) is 8.95. The SMILES string of the molecule is COc1ccc(C)cc1NC(=O)/C=C(\C)c1cc2c(-c3ccc(C)cc3C)coc2c(C)c1OC. The number of ether oxygens (including phenoxy) is 2. The Labute approximate surface area is 206 Å². The summed E-state index contributed by atoms with van der Waals surface area (Å²) in [5, 5.41) is 3.92. The van der Waals surface area contributed by atoms with E-state index in [9.17, 15) is 4.79 Å². The zero-order chi connectivity index (χ0) is 25.3. The molecule has 0 fully saturated rings. The Morgan fingerprint density at radius 2 is 1.63 bits per heavy atom. The zero-order valence-electron chi connectivity index (χ0n) is 21.3. The van der Waals surface area contributed by atoms with Crippen molar-refractivity contribution in [1.82, 2.24) is 0 Å². The third-order valence-electron chi connectivity index (χ3n) is 6.31. The summed E-state index contributed by atoms with van der Waals surface area (Å²) in [6.07, 6.45) is 3.39. The summed E-state index contributed by atoms with van der Waals surface area (Å²) in [4.78, 5) is 12.9. The molecular weight excluding hydrogens is 438 g/mol. The normalized spacial score (nSPS) is 11.6. The van der Waals surface area contributed by atoms with Crippen LogP contribution in [0.2, 0.25) is 0 Å². The summed E-state index contributed by atoms with van der Waals surface area (Å²) in [6.45, 7) is 10.0. The maximum absolute atomic E-state index is 12.9. The van der Waals surface area contributed by atoms with Gasteiger partial charge in [0.25, 0.3) is 0 Å². The molecule has 4 rings (SSSR count). The number of benzene rings is 3. The van der Waals surface area contributed by atoms with E-state index in [1.165, 1.54) is 11.1 Å². The van der Waals surface area contributed by atoms with Gasteiger partial charge in [0, 0.05) is 28.2 Å². The van der Waals surface area contributed by atoms with E-state index in [1.54, 1.807) is 26.6 Å². The average molecular weight is 470 g/mol. The van der Waals surface area contributed by atoms with Gasteiger partial charge in [0.2, 0.25) is 5.91 Å². The lowest BCUT2D eigenvalue weighted by atomic mass is 9.94. The van der Waals surface area contributed by atoms with Gasteiger partial charge >= 0.3 is 0 Å². The molecule has 1 amide bonds. The van der Waals surface area contributed by atoms with Crippen molar-refractivity contribution < 1.29 is 18.7 Å². The number of rotatable bonds is 6. The number of amides is 1. The molecule has 4 aromatic rings. The molecule has 5 heteroatoms. The number of fused-ring (bicyclic) bond motifs is 1. The van der Waals surface area contributed by atoms with E-state index in [-0.39, 0.29) is 5.91 Å². The molecule has 180 valence electrons. The molecule has 1 N–H and O–H groups in total. The van der Waals surface area contributed by atoms with Gasteiger partial charge in [-0.25, -0.2) is 0 Å². The third-order valence-corrected chi connectivity index (χ3v) is 6.31. The van der Waals surface area contributed by atoms with Crippen molar-refractivity contribution in [1.29, 1.82) is 0 Å². The second kappa shape index (κ2) is 9.71. The standard InChI is InChI=1S/C30H31NO4/c1-17-8-10-22(19(3)12-17)25-16-35-30-21(5)29(34-7)23(15-24(25)30)20(4)14-28(32)31-26-13-18(2)9-11-27(26)33-6/h8-16H,1-7H3,(H,31,32)/b20-14+. The number of nitrogens with one attached hydrogen (secondary N) is 1. The first kappa shape index (κ1) is 24.1. The van der Waals surface area contributed by atoms with Gasteiger partial charge in [-0.2, -0.15) is 0 Å². The Balaban J connectivity index is 1.78. The van der Waals surface area contributed by atoms with Gasteiger partial charge in [-0.3, -0.25) is 4.79 Å². The Kier molecular flexibility index (Phi) is 6.70. The van der Waals surface area contributed by atoms with Gasteiger partial charge in [-0.15, -0.1) is 0 Å². The van der Waals surface area contributed by atoms with Gasteiger partial charge < -0.3 is 19.2 Å². The van der Waals surface area contributed by atoms with Crippen molar-refractivity contribution in [3.8, 4) is 22.6 Å². The summed E-state index contributed by atoms with van der Waals surface area (Å²) in [7, 11) is 3.22. The number of furan rings is 1. The smallest absolute Gasteiger partial charge is 0.248 e. The highest BCUT2D eigenvalue weighted by Crippen LogP contribution is 2.41. The Morgan fingerprint density at radius 1 is 0.914 bits per heavy atom. The van der Waals surface area contributed by atoms with Crippen molar-refractivity contribution in [2.24, 2.45) is 0 Å². The molecule has 35 heavy (non-hydrogen) atoms. The van der Waals surface area contributed by atoms with Crippen LogP contribution in [0.1, 0.15) is 34.7 Å². The molecule has 0 aliphatic heterocycles. The van der Waals surface area contributed by atoms with E-state index >= 15 is 0 Å². The lowest BCUT2D eigenvalue weighted by Crippen LogP contribution is -2.10. The minimum absolute atomic E-state index is 0.243. The number of allylic oxidation sites excluding steroid dienone is 1. The predicted octanol–water partition coefficient (Wildman–Crippen LogP) is 7.39. The van der Waals surface area contributed by atoms with E-state index in [4.69, 9.17) is 13.9 Å². The van der Waals surface area contributed by atoms with Gasteiger partial charge in [0.15, 0.2) is 0 Å². The Morgan fingerprint density at radius 3 is 2.31 bits per heavy atom. The number of anilines is 1. The Bertz CT molecular complexity index is 1460. The molecule has 0 bridgehead atoms. The van der Waals surface area contributed by atoms with Crippen LogP contribution in [-0.2, 0) is 4.79 Å². The van der Waals surface area contributed by atoms with Crippen LogP contribution in [-0.4, -0.2) is 20.1 Å². The fraction of sp³-hybridized carbons (Fsp3) is 0.233. The van der Waals surface area contributed by atoms with Gasteiger partial charge in [-0.05, 0) is 75.1 Å². The van der Waals surface area contributed by atoms with Crippen LogP contribution >= 0.6 is 0 Å². The minimum atomic E-state index is -0.243. The quantitative estimate of drug-likeness (QED) is 0.299. The highest BCUT2D eigenvalue weighted by molar-refractivity contribution is 6.06. The summed E-state index contributed by atoms with van der Waals surface area (Å²) >= 11 is 0.